The highest BCUT2D eigenvalue weighted by atomic mass is 127. The molecule has 7 heteroatoms. The Morgan fingerprint density at radius 1 is 1.12 bits per heavy atom. The van der Waals surface area contributed by atoms with Gasteiger partial charge in [0.05, 0.1) is 6.61 Å². The summed E-state index contributed by atoms with van der Waals surface area (Å²) in [5.41, 5.74) is 1.31. The molecule has 1 heterocycles. The molecule has 0 spiro atoms. The Morgan fingerprint density at radius 3 is 2.66 bits per heavy atom. The molecule has 2 fully saturated rings. The van der Waals surface area contributed by atoms with Crippen LogP contribution >= 0.6 is 24.0 Å². The largest absolute Gasteiger partial charge is 0.381 e. The van der Waals surface area contributed by atoms with E-state index in [0.29, 0.717) is 5.91 Å². The molecule has 3 rings (SSSR count). The Hall–Kier alpha value is -1.35. The minimum Gasteiger partial charge on any atom is -0.381 e. The van der Waals surface area contributed by atoms with E-state index >= 15 is 0 Å². The summed E-state index contributed by atoms with van der Waals surface area (Å²) in [5, 5.41) is 6.87. The molecule has 1 aliphatic heterocycles. The lowest BCUT2D eigenvalue weighted by Gasteiger charge is -2.26. The van der Waals surface area contributed by atoms with Crippen molar-refractivity contribution >= 4 is 35.8 Å². The van der Waals surface area contributed by atoms with Crippen LogP contribution in [-0.2, 0) is 16.0 Å². The molecule has 180 valence electrons. The van der Waals surface area contributed by atoms with E-state index in [2.05, 4.69) is 46.7 Å². The van der Waals surface area contributed by atoms with Gasteiger partial charge < -0.3 is 20.3 Å². The number of rotatable bonds is 10. The third kappa shape index (κ3) is 9.25. The third-order valence-corrected chi connectivity index (χ3v) is 6.23. The molecule has 1 atom stereocenters. The van der Waals surface area contributed by atoms with Gasteiger partial charge in [-0.1, -0.05) is 49.6 Å². The van der Waals surface area contributed by atoms with E-state index in [-0.39, 0.29) is 35.9 Å². The molecule has 0 aromatic heterocycles. The number of guanidine groups is 1. The molecule has 1 amide bonds. The number of carbonyl (C=O) groups excluding carboxylic acids is 1. The highest BCUT2D eigenvalue weighted by Crippen LogP contribution is 2.26. The van der Waals surface area contributed by atoms with Gasteiger partial charge >= 0.3 is 0 Å². The number of nitrogens with one attached hydrogen (secondary N) is 2. The standard InChI is InChI=1S/C25H40N4O2.HI/c1-2-26-25(27-16-9-18-31-19-15-21-10-5-3-6-11-21)28-23-14-17-29(20-23)24(30)22-12-7-4-8-13-22;/h3,5-6,10-11,22-23H,2,4,7-9,12-20H2,1H3,(H2,26,27,28);1H. The number of halogens is 1. The summed E-state index contributed by atoms with van der Waals surface area (Å²) in [5.74, 6) is 1.48. The quantitative estimate of drug-likeness (QED) is 0.198. The van der Waals surface area contributed by atoms with Gasteiger partial charge in [0, 0.05) is 44.7 Å². The maximum absolute atomic E-state index is 12.8. The number of amides is 1. The normalized spacial score (nSPS) is 19.5. The fourth-order valence-corrected chi connectivity index (χ4v) is 4.49. The van der Waals surface area contributed by atoms with Crippen LogP contribution in [0.4, 0.5) is 0 Å². The zero-order chi connectivity index (χ0) is 21.7. The van der Waals surface area contributed by atoms with Gasteiger partial charge in [0.15, 0.2) is 5.96 Å². The molecule has 6 nitrogen and oxygen atoms in total. The van der Waals surface area contributed by atoms with Crippen molar-refractivity contribution in [1.29, 1.82) is 0 Å². The van der Waals surface area contributed by atoms with E-state index < -0.39 is 0 Å². The molecule has 0 radical (unpaired) electrons. The summed E-state index contributed by atoms with van der Waals surface area (Å²) in [6, 6.07) is 10.7. The van der Waals surface area contributed by atoms with Gasteiger partial charge in [0.2, 0.25) is 5.91 Å². The number of hydrogen-bond acceptors (Lipinski definition) is 3. The average Bonchev–Trinajstić information content (AvgIpc) is 3.28. The van der Waals surface area contributed by atoms with Crippen molar-refractivity contribution in [2.75, 3.05) is 39.4 Å². The van der Waals surface area contributed by atoms with Crippen LogP contribution in [0, 0.1) is 5.92 Å². The van der Waals surface area contributed by atoms with E-state index in [1.807, 2.05) is 6.07 Å². The SMILES string of the molecule is CCNC(=NCCCOCCc1ccccc1)NC1CCN(C(=O)C2CCCCC2)C1.I. The molecule has 2 aliphatic rings. The van der Waals surface area contributed by atoms with Crippen molar-refractivity contribution < 1.29 is 9.53 Å². The van der Waals surface area contributed by atoms with Crippen LogP contribution in [0.15, 0.2) is 35.3 Å². The van der Waals surface area contributed by atoms with Crippen molar-refractivity contribution in [3.05, 3.63) is 35.9 Å². The van der Waals surface area contributed by atoms with E-state index in [1.54, 1.807) is 0 Å². The smallest absolute Gasteiger partial charge is 0.225 e. The number of nitrogens with zero attached hydrogens (tertiary/aromatic N) is 2. The predicted molar refractivity (Wildman–Crippen MR) is 142 cm³/mol. The van der Waals surface area contributed by atoms with Crippen LogP contribution in [0.2, 0.25) is 0 Å². The Balaban J connectivity index is 0.00000363. The first-order chi connectivity index (χ1) is 15.3. The number of ether oxygens (including phenoxy) is 1. The van der Waals surface area contributed by atoms with E-state index in [4.69, 9.17) is 9.73 Å². The highest BCUT2D eigenvalue weighted by molar-refractivity contribution is 14.0. The molecular formula is C25H41IN4O2. The van der Waals surface area contributed by atoms with Crippen molar-refractivity contribution in [2.24, 2.45) is 10.9 Å². The molecular weight excluding hydrogens is 515 g/mol. The first kappa shape index (κ1) is 26.9. The van der Waals surface area contributed by atoms with Crippen LogP contribution in [0.3, 0.4) is 0 Å². The van der Waals surface area contributed by atoms with Gasteiger partial charge in [-0.2, -0.15) is 0 Å². The second-order valence-corrected chi connectivity index (χ2v) is 8.71. The molecule has 1 aromatic carbocycles. The molecule has 1 unspecified atom stereocenters. The molecule has 1 aliphatic carbocycles. The minimum atomic E-state index is 0. The zero-order valence-corrected chi connectivity index (χ0v) is 21.9. The minimum absolute atomic E-state index is 0. The Kier molecular flexibility index (Phi) is 13.0. The van der Waals surface area contributed by atoms with Gasteiger partial charge in [0.25, 0.3) is 0 Å². The second kappa shape index (κ2) is 15.5. The van der Waals surface area contributed by atoms with Gasteiger partial charge in [-0.3, -0.25) is 9.79 Å². The lowest BCUT2D eigenvalue weighted by molar-refractivity contribution is -0.135. The summed E-state index contributed by atoms with van der Waals surface area (Å²) in [7, 11) is 0. The van der Waals surface area contributed by atoms with Crippen LogP contribution < -0.4 is 10.6 Å². The lowest BCUT2D eigenvalue weighted by Crippen LogP contribution is -2.45. The zero-order valence-electron chi connectivity index (χ0n) is 19.6. The number of aliphatic imine (C=N–C) groups is 1. The Bertz CT molecular complexity index is 680. The third-order valence-electron chi connectivity index (χ3n) is 6.23. The topological polar surface area (TPSA) is 66.0 Å². The molecule has 0 bridgehead atoms. The van der Waals surface area contributed by atoms with Crippen LogP contribution in [0.1, 0.15) is 57.4 Å². The molecule has 1 saturated heterocycles. The summed E-state index contributed by atoms with van der Waals surface area (Å²) < 4.78 is 5.76. The van der Waals surface area contributed by atoms with Crippen molar-refractivity contribution in [3.63, 3.8) is 0 Å². The number of carbonyl (C=O) groups is 1. The maximum Gasteiger partial charge on any atom is 0.225 e. The molecule has 32 heavy (non-hydrogen) atoms. The summed E-state index contributed by atoms with van der Waals surface area (Å²) >= 11 is 0. The Morgan fingerprint density at radius 2 is 1.91 bits per heavy atom. The number of hydrogen-bond donors (Lipinski definition) is 2. The average molecular weight is 557 g/mol. The van der Waals surface area contributed by atoms with Crippen molar-refractivity contribution in [3.8, 4) is 0 Å². The van der Waals surface area contributed by atoms with E-state index in [9.17, 15) is 4.79 Å². The monoisotopic (exact) mass is 556 g/mol. The summed E-state index contributed by atoms with van der Waals surface area (Å²) in [4.78, 5) is 19.6. The first-order valence-electron chi connectivity index (χ1n) is 12.2. The van der Waals surface area contributed by atoms with Crippen LogP contribution in [0.25, 0.3) is 0 Å². The van der Waals surface area contributed by atoms with Crippen molar-refractivity contribution in [2.45, 2.75) is 64.3 Å². The van der Waals surface area contributed by atoms with Gasteiger partial charge in [0.1, 0.15) is 0 Å². The fourth-order valence-electron chi connectivity index (χ4n) is 4.49. The second-order valence-electron chi connectivity index (χ2n) is 8.71. The molecule has 2 N–H and O–H groups in total. The van der Waals surface area contributed by atoms with Gasteiger partial charge in [-0.05, 0) is 44.6 Å². The predicted octanol–water partition coefficient (Wildman–Crippen LogP) is 3.99. The van der Waals surface area contributed by atoms with Crippen LogP contribution in [-0.4, -0.2) is 62.2 Å². The fraction of sp³-hybridized carbons (Fsp3) is 0.680. The highest BCUT2D eigenvalue weighted by Gasteiger charge is 2.31. The summed E-state index contributed by atoms with van der Waals surface area (Å²) in [6.07, 6.45) is 8.70. The number of benzene rings is 1. The van der Waals surface area contributed by atoms with Gasteiger partial charge in [-0.25, -0.2) is 0 Å². The van der Waals surface area contributed by atoms with E-state index in [1.165, 1.54) is 24.8 Å². The lowest BCUT2D eigenvalue weighted by atomic mass is 9.88. The van der Waals surface area contributed by atoms with Gasteiger partial charge in [-0.15, -0.1) is 24.0 Å². The van der Waals surface area contributed by atoms with E-state index in [0.717, 1.165) is 77.5 Å². The maximum atomic E-state index is 12.8. The van der Waals surface area contributed by atoms with Crippen molar-refractivity contribution in [1.82, 2.24) is 15.5 Å². The first-order valence-corrected chi connectivity index (χ1v) is 12.2. The Labute approximate surface area is 211 Å². The molecule has 1 aromatic rings. The van der Waals surface area contributed by atoms with Crippen LogP contribution in [0.5, 0.6) is 0 Å². The molecule has 1 saturated carbocycles. The number of likely N-dealkylation sites (tertiary alicyclic amines) is 1. The summed E-state index contributed by atoms with van der Waals surface area (Å²) in [6.45, 7) is 6.78.